The van der Waals surface area contributed by atoms with E-state index >= 15 is 0 Å². The Morgan fingerprint density at radius 1 is 1.19 bits per heavy atom. The average Bonchev–Trinajstić information content (AvgIpc) is 3.61. The molecule has 0 aliphatic heterocycles. The Labute approximate surface area is 184 Å². The molecule has 6 N–H and O–H groups in total. The summed E-state index contributed by atoms with van der Waals surface area (Å²) in [6.45, 7) is -0.238. The number of carbonyl (C=O) groups is 2. The van der Waals surface area contributed by atoms with Crippen LogP contribution in [0.25, 0.3) is 21.9 Å². The van der Waals surface area contributed by atoms with Crippen LogP contribution in [0.4, 0.5) is 15.0 Å². The Hall–Kier alpha value is -3.72. The Bertz CT molecular complexity index is 1180. The van der Waals surface area contributed by atoms with Crippen molar-refractivity contribution in [1.29, 1.82) is 0 Å². The Kier molecular flexibility index (Phi) is 5.91. The quantitative estimate of drug-likeness (QED) is 0.450. The van der Waals surface area contributed by atoms with Gasteiger partial charge in [0.2, 0.25) is 0 Å². The number of nitrogens with zero attached hydrogens (tertiary/aromatic N) is 2. The van der Waals surface area contributed by atoms with Crippen molar-refractivity contribution >= 4 is 28.5 Å². The Morgan fingerprint density at radius 2 is 1.94 bits per heavy atom. The SMILES string of the molecule is NC(=O)N(CC(CO)NC(=O)c1cnc(N)c2cc(-c3cccc(F)c3)ccc12)C1CC1. The van der Waals surface area contributed by atoms with E-state index < -0.39 is 18.0 Å². The lowest BCUT2D eigenvalue weighted by atomic mass is 9.99. The molecule has 0 radical (unpaired) electrons. The number of rotatable bonds is 7. The van der Waals surface area contributed by atoms with Gasteiger partial charge in [-0.1, -0.05) is 24.3 Å². The highest BCUT2D eigenvalue weighted by Gasteiger charge is 2.33. The maximum atomic E-state index is 13.6. The topological polar surface area (TPSA) is 135 Å². The number of anilines is 1. The molecule has 3 aromatic rings. The summed E-state index contributed by atoms with van der Waals surface area (Å²) < 4.78 is 13.6. The third kappa shape index (κ3) is 4.47. The zero-order valence-electron chi connectivity index (χ0n) is 17.3. The van der Waals surface area contributed by atoms with Crippen molar-refractivity contribution in [1.82, 2.24) is 15.2 Å². The summed E-state index contributed by atoms with van der Waals surface area (Å²) in [5.41, 5.74) is 13.2. The zero-order chi connectivity index (χ0) is 22.8. The molecule has 0 bridgehead atoms. The fourth-order valence-corrected chi connectivity index (χ4v) is 3.75. The highest BCUT2D eigenvalue weighted by molar-refractivity contribution is 6.10. The van der Waals surface area contributed by atoms with Crippen LogP contribution in [0.2, 0.25) is 0 Å². The molecule has 1 aliphatic carbocycles. The molecule has 0 spiro atoms. The number of aromatic nitrogens is 1. The van der Waals surface area contributed by atoms with E-state index in [0.717, 1.165) is 18.4 Å². The standard InChI is InChI=1S/C23H24FN5O3/c24-15-3-1-2-13(8-15)14-4-7-18-19(9-14)21(25)27-10-20(18)22(31)28-16(12-30)11-29(23(26)32)17-5-6-17/h1-4,7-10,16-17,30H,5-6,11-12H2,(H2,25,27)(H2,26,32)(H,28,31). The molecule has 3 amide bonds. The number of fused-ring (bicyclic) bond motifs is 1. The van der Waals surface area contributed by atoms with E-state index in [-0.39, 0.29) is 36.4 Å². The summed E-state index contributed by atoms with van der Waals surface area (Å²) in [7, 11) is 0. The summed E-state index contributed by atoms with van der Waals surface area (Å²) in [6, 6.07) is 10.2. The van der Waals surface area contributed by atoms with Crippen LogP contribution in [0, 0.1) is 5.82 Å². The molecule has 1 aliphatic rings. The predicted molar refractivity (Wildman–Crippen MR) is 119 cm³/mol. The van der Waals surface area contributed by atoms with Crippen molar-refractivity contribution in [3.8, 4) is 11.1 Å². The molecule has 32 heavy (non-hydrogen) atoms. The van der Waals surface area contributed by atoms with Gasteiger partial charge in [-0.3, -0.25) is 4.79 Å². The Morgan fingerprint density at radius 3 is 2.59 bits per heavy atom. The number of nitrogens with one attached hydrogen (secondary N) is 1. The minimum atomic E-state index is -0.685. The molecule has 0 saturated heterocycles. The first kappa shape index (κ1) is 21.5. The number of primary amides is 1. The van der Waals surface area contributed by atoms with E-state index in [1.807, 2.05) is 0 Å². The molecule has 4 rings (SSSR count). The van der Waals surface area contributed by atoms with E-state index in [1.54, 1.807) is 30.3 Å². The summed E-state index contributed by atoms with van der Waals surface area (Å²) in [5, 5.41) is 13.6. The summed E-state index contributed by atoms with van der Waals surface area (Å²) in [5.74, 6) is -0.574. The van der Waals surface area contributed by atoms with Crippen LogP contribution in [0.5, 0.6) is 0 Å². The lowest BCUT2D eigenvalue weighted by Crippen LogP contribution is -2.50. The van der Waals surface area contributed by atoms with Crippen molar-refractivity contribution < 1.29 is 19.1 Å². The van der Waals surface area contributed by atoms with E-state index in [9.17, 15) is 19.1 Å². The normalized spacial score (nSPS) is 14.2. The van der Waals surface area contributed by atoms with Gasteiger partial charge >= 0.3 is 6.03 Å². The van der Waals surface area contributed by atoms with Crippen LogP contribution in [0.3, 0.4) is 0 Å². The fourth-order valence-electron chi connectivity index (χ4n) is 3.75. The molecule has 166 valence electrons. The van der Waals surface area contributed by atoms with Gasteiger partial charge in [-0.2, -0.15) is 0 Å². The van der Waals surface area contributed by atoms with E-state index in [4.69, 9.17) is 11.5 Å². The molecule has 1 aromatic heterocycles. The second-order valence-electron chi connectivity index (χ2n) is 7.90. The minimum Gasteiger partial charge on any atom is -0.394 e. The van der Waals surface area contributed by atoms with Gasteiger partial charge in [-0.05, 0) is 47.6 Å². The van der Waals surface area contributed by atoms with Gasteiger partial charge in [-0.25, -0.2) is 14.2 Å². The van der Waals surface area contributed by atoms with Crippen LogP contribution in [0.1, 0.15) is 23.2 Å². The first-order valence-corrected chi connectivity index (χ1v) is 10.3. The molecular formula is C23H24FN5O3. The number of nitrogen functional groups attached to an aromatic ring is 1. The van der Waals surface area contributed by atoms with Gasteiger partial charge in [0.25, 0.3) is 5.91 Å². The molecule has 2 aromatic carbocycles. The largest absolute Gasteiger partial charge is 0.394 e. The van der Waals surface area contributed by atoms with Crippen LogP contribution < -0.4 is 16.8 Å². The van der Waals surface area contributed by atoms with Crippen molar-refractivity contribution in [2.75, 3.05) is 18.9 Å². The highest BCUT2D eigenvalue weighted by atomic mass is 19.1. The van der Waals surface area contributed by atoms with Crippen molar-refractivity contribution in [2.45, 2.75) is 24.9 Å². The minimum absolute atomic E-state index is 0.0544. The summed E-state index contributed by atoms with van der Waals surface area (Å²) in [6.07, 6.45) is 3.08. The molecular weight excluding hydrogens is 413 g/mol. The Balaban J connectivity index is 1.61. The molecule has 1 saturated carbocycles. The summed E-state index contributed by atoms with van der Waals surface area (Å²) in [4.78, 5) is 30.3. The van der Waals surface area contributed by atoms with E-state index in [1.165, 1.54) is 23.2 Å². The molecule has 1 fully saturated rings. The molecule has 8 nitrogen and oxygen atoms in total. The second-order valence-corrected chi connectivity index (χ2v) is 7.90. The molecule has 1 atom stereocenters. The van der Waals surface area contributed by atoms with Gasteiger partial charge in [0, 0.05) is 24.2 Å². The third-order valence-electron chi connectivity index (χ3n) is 5.56. The molecule has 9 heteroatoms. The van der Waals surface area contributed by atoms with E-state index in [2.05, 4.69) is 10.3 Å². The first-order valence-electron chi connectivity index (χ1n) is 10.3. The van der Waals surface area contributed by atoms with Crippen molar-refractivity contribution in [2.24, 2.45) is 5.73 Å². The van der Waals surface area contributed by atoms with E-state index in [0.29, 0.717) is 16.3 Å². The lowest BCUT2D eigenvalue weighted by Gasteiger charge is -2.26. The zero-order valence-corrected chi connectivity index (χ0v) is 17.3. The summed E-state index contributed by atoms with van der Waals surface area (Å²) >= 11 is 0. The number of hydrogen-bond donors (Lipinski definition) is 4. The van der Waals surface area contributed by atoms with Gasteiger partial charge in [0.05, 0.1) is 18.2 Å². The number of benzene rings is 2. The predicted octanol–water partition coefficient (Wildman–Crippen LogP) is 2.26. The van der Waals surface area contributed by atoms with Gasteiger partial charge in [0.1, 0.15) is 11.6 Å². The lowest BCUT2D eigenvalue weighted by molar-refractivity contribution is 0.0899. The number of pyridine rings is 1. The number of aliphatic hydroxyl groups is 1. The number of carbonyl (C=O) groups excluding carboxylic acids is 2. The first-order chi connectivity index (χ1) is 15.4. The highest BCUT2D eigenvalue weighted by Crippen LogP contribution is 2.30. The average molecular weight is 437 g/mol. The number of hydrogen-bond acceptors (Lipinski definition) is 5. The van der Waals surface area contributed by atoms with Crippen molar-refractivity contribution in [3.05, 3.63) is 60.0 Å². The number of amides is 3. The van der Waals surface area contributed by atoms with Gasteiger partial charge in [0.15, 0.2) is 0 Å². The van der Waals surface area contributed by atoms with Crippen LogP contribution >= 0.6 is 0 Å². The maximum absolute atomic E-state index is 13.6. The fraction of sp³-hybridized carbons (Fsp3) is 0.261. The number of aliphatic hydroxyl groups excluding tert-OH is 1. The number of urea groups is 1. The van der Waals surface area contributed by atoms with Gasteiger partial charge in [-0.15, -0.1) is 0 Å². The number of halogens is 1. The van der Waals surface area contributed by atoms with Crippen LogP contribution in [0.15, 0.2) is 48.7 Å². The van der Waals surface area contributed by atoms with Gasteiger partial charge < -0.3 is 26.8 Å². The smallest absolute Gasteiger partial charge is 0.315 e. The molecule has 1 heterocycles. The third-order valence-corrected chi connectivity index (χ3v) is 5.56. The van der Waals surface area contributed by atoms with Crippen molar-refractivity contribution in [3.63, 3.8) is 0 Å². The maximum Gasteiger partial charge on any atom is 0.315 e. The van der Waals surface area contributed by atoms with Crippen LogP contribution in [-0.4, -0.2) is 52.2 Å². The second kappa shape index (κ2) is 8.80. The number of nitrogens with two attached hydrogens (primary N) is 2. The molecule has 1 unspecified atom stereocenters. The monoisotopic (exact) mass is 437 g/mol. The van der Waals surface area contributed by atoms with Crippen LogP contribution in [-0.2, 0) is 0 Å².